The van der Waals surface area contributed by atoms with Crippen molar-refractivity contribution in [2.45, 2.75) is 24.3 Å². The van der Waals surface area contributed by atoms with Crippen molar-refractivity contribution < 1.29 is 17.9 Å². The van der Waals surface area contributed by atoms with Gasteiger partial charge in [-0.15, -0.1) is 0 Å². The lowest BCUT2D eigenvalue weighted by molar-refractivity contribution is 0.137. The molecule has 1 N–H and O–H groups in total. The molecule has 0 atom stereocenters. The van der Waals surface area contributed by atoms with Crippen LogP contribution in [-0.2, 0) is 10.0 Å². The standard InChI is InChI=1S/C11H15BrFNO3S/c1-11(2,7-15)14(3)18(16,17)10-5-4-8(12)6-9(10)13/h4-6,15H,7H2,1-3H3. The SMILES string of the molecule is CN(C(C)(C)CO)S(=O)(=O)c1ccc(Br)cc1F. The second kappa shape index (κ2) is 5.24. The van der Waals surface area contributed by atoms with Gasteiger partial charge in [0.15, 0.2) is 0 Å². The summed E-state index contributed by atoms with van der Waals surface area (Å²) in [6, 6.07) is 3.74. The maximum absolute atomic E-state index is 13.7. The Labute approximate surface area is 115 Å². The highest BCUT2D eigenvalue weighted by atomic mass is 79.9. The van der Waals surface area contributed by atoms with Crippen molar-refractivity contribution >= 4 is 26.0 Å². The van der Waals surface area contributed by atoms with Crippen molar-refractivity contribution in [2.24, 2.45) is 0 Å². The molecule has 102 valence electrons. The van der Waals surface area contributed by atoms with Gasteiger partial charge in [-0.25, -0.2) is 12.8 Å². The molecule has 0 amide bonds. The molecule has 7 heteroatoms. The highest BCUT2D eigenvalue weighted by Crippen LogP contribution is 2.26. The Morgan fingerprint density at radius 3 is 2.44 bits per heavy atom. The van der Waals surface area contributed by atoms with Crippen LogP contribution >= 0.6 is 15.9 Å². The van der Waals surface area contributed by atoms with Crippen molar-refractivity contribution in [3.63, 3.8) is 0 Å². The second-order valence-corrected chi connectivity index (χ2v) is 7.37. The van der Waals surface area contributed by atoms with Gasteiger partial charge in [0.2, 0.25) is 10.0 Å². The average Bonchev–Trinajstić information content (AvgIpc) is 2.27. The Hall–Kier alpha value is -0.500. The molecule has 0 fully saturated rings. The molecule has 0 aliphatic heterocycles. The number of halogens is 2. The zero-order valence-corrected chi connectivity index (χ0v) is 12.7. The summed E-state index contributed by atoms with van der Waals surface area (Å²) in [6.07, 6.45) is 0. The first-order valence-corrected chi connectivity index (χ1v) is 7.41. The summed E-state index contributed by atoms with van der Waals surface area (Å²) in [4.78, 5) is -0.408. The highest BCUT2D eigenvalue weighted by Gasteiger charge is 2.35. The Balaban J connectivity index is 3.30. The third kappa shape index (κ3) is 2.90. The second-order valence-electron chi connectivity index (χ2n) is 4.52. The molecule has 0 radical (unpaired) electrons. The topological polar surface area (TPSA) is 57.6 Å². The minimum atomic E-state index is -3.98. The number of rotatable bonds is 4. The molecule has 0 aromatic heterocycles. The van der Waals surface area contributed by atoms with Gasteiger partial charge in [0.05, 0.1) is 12.1 Å². The molecule has 0 bridgehead atoms. The van der Waals surface area contributed by atoms with Crippen LogP contribution in [0.15, 0.2) is 27.6 Å². The monoisotopic (exact) mass is 339 g/mol. The number of hydrogen-bond acceptors (Lipinski definition) is 3. The molecule has 0 aliphatic carbocycles. The molecule has 0 saturated heterocycles. The van der Waals surface area contributed by atoms with E-state index in [-0.39, 0.29) is 6.61 Å². The lowest BCUT2D eigenvalue weighted by Gasteiger charge is -2.32. The van der Waals surface area contributed by atoms with Crippen LogP contribution in [0.5, 0.6) is 0 Å². The Kier molecular flexibility index (Phi) is 4.53. The largest absolute Gasteiger partial charge is 0.394 e. The van der Waals surface area contributed by atoms with E-state index in [4.69, 9.17) is 0 Å². The van der Waals surface area contributed by atoms with E-state index in [0.29, 0.717) is 4.47 Å². The molecule has 4 nitrogen and oxygen atoms in total. The van der Waals surface area contributed by atoms with Crippen LogP contribution < -0.4 is 0 Å². The maximum atomic E-state index is 13.7. The van der Waals surface area contributed by atoms with Crippen molar-refractivity contribution in [1.29, 1.82) is 0 Å². The first-order chi connectivity index (χ1) is 8.13. The minimum absolute atomic E-state index is 0.360. The van der Waals surface area contributed by atoms with Crippen LogP contribution in [0.1, 0.15) is 13.8 Å². The van der Waals surface area contributed by atoms with E-state index in [1.807, 2.05) is 0 Å². The Morgan fingerprint density at radius 2 is 2.00 bits per heavy atom. The fourth-order valence-corrected chi connectivity index (χ4v) is 3.14. The highest BCUT2D eigenvalue weighted by molar-refractivity contribution is 9.10. The summed E-state index contributed by atoms with van der Waals surface area (Å²) in [7, 11) is -2.67. The number of hydrogen-bond donors (Lipinski definition) is 1. The smallest absolute Gasteiger partial charge is 0.246 e. The summed E-state index contributed by atoms with van der Waals surface area (Å²) >= 11 is 3.06. The number of sulfonamides is 1. The van der Waals surface area contributed by atoms with Crippen LogP contribution in [0.3, 0.4) is 0 Å². The maximum Gasteiger partial charge on any atom is 0.246 e. The summed E-state index contributed by atoms with van der Waals surface area (Å²) in [5, 5.41) is 9.18. The van der Waals surface area contributed by atoms with Crippen molar-refractivity contribution in [3.8, 4) is 0 Å². The lowest BCUT2D eigenvalue weighted by Crippen LogP contribution is -2.47. The lowest BCUT2D eigenvalue weighted by atomic mass is 10.1. The van der Waals surface area contributed by atoms with Crippen molar-refractivity contribution in [1.82, 2.24) is 4.31 Å². The molecule has 1 aromatic carbocycles. The van der Waals surface area contributed by atoms with E-state index in [1.54, 1.807) is 13.8 Å². The fraction of sp³-hybridized carbons (Fsp3) is 0.455. The zero-order chi connectivity index (χ0) is 14.1. The zero-order valence-electron chi connectivity index (χ0n) is 10.3. The third-order valence-corrected chi connectivity index (χ3v) is 5.37. The van der Waals surface area contributed by atoms with Crippen LogP contribution in [0.2, 0.25) is 0 Å². The van der Waals surface area contributed by atoms with Crippen LogP contribution in [0.25, 0.3) is 0 Å². The molecule has 18 heavy (non-hydrogen) atoms. The Morgan fingerprint density at radius 1 is 1.44 bits per heavy atom. The summed E-state index contributed by atoms with van der Waals surface area (Å²) < 4.78 is 39.6. The summed E-state index contributed by atoms with van der Waals surface area (Å²) in [5.74, 6) is -0.829. The first kappa shape index (κ1) is 15.6. The molecule has 1 rings (SSSR count). The van der Waals surface area contributed by atoms with Crippen molar-refractivity contribution in [3.05, 3.63) is 28.5 Å². The van der Waals surface area contributed by atoms with Gasteiger partial charge >= 0.3 is 0 Å². The number of aliphatic hydroxyl groups excluding tert-OH is 1. The number of aliphatic hydroxyl groups is 1. The van der Waals surface area contributed by atoms with Gasteiger partial charge in [-0.3, -0.25) is 0 Å². The molecule has 0 saturated carbocycles. The molecule has 0 heterocycles. The number of benzene rings is 1. The minimum Gasteiger partial charge on any atom is -0.394 e. The predicted molar refractivity (Wildman–Crippen MR) is 70.2 cm³/mol. The van der Waals surface area contributed by atoms with Gasteiger partial charge in [-0.2, -0.15) is 4.31 Å². The van der Waals surface area contributed by atoms with Gasteiger partial charge < -0.3 is 5.11 Å². The van der Waals surface area contributed by atoms with Crippen LogP contribution in [0, 0.1) is 5.82 Å². The first-order valence-electron chi connectivity index (χ1n) is 5.18. The molecular weight excluding hydrogens is 325 g/mol. The van der Waals surface area contributed by atoms with E-state index in [9.17, 15) is 17.9 Å². The van der Waals surface area contributed by atoms with Gasteiger partial charge in [0, 0.05) is 11.5 Å². The third-order valence-electron chi connectivity index (χ3n) is 2.77. The van der Waals surface area contributed by atoms with Crippen molar-refractivity contribution in [2.75, 3.05) is 13.7 Å². The quantitative estimate of drug-likeness (QED) is 0.912. The molecular formula is C11H15BrFNO3S. The Bertz CT molecular complexity index is 545. The van der Waals surface area contributed by atoms with E-state index in [2.05, 4.69) is 15.9 Å². The van der Waals surface area contributed by atoms with E-state index in [0.717, 1.165) is 10.4 Å². The number of nitrogens with zero attached hydrogens (tertiary/aromatic N) is 1. The molecule has 0 unspecified atom stereocenters. The van der Waals surface area contributed by atoms with Crippen LogP contribution in [-0.4, -0.2) is 37.0 Å². The summed E-state index contributed by atoms with van der Waals surface area (Å²) in [6.45, 7) is 2.75. The normalized spacial score (nSPS) is 13.1. The summed E-state index contributed by atoms with van der Waals surface area (Å²) in [5.41, 5.74) is -1.00. The van der Waals surface area contributed by atoms with Crippen LogP contribution in [0.4, 0.5) is 4.39 Å². The van der Waals surface area contributed by atoms with Gasteiger partial charge in [-0.1, -0.05) is 15.9 Å². The molecule has 1 aromatic rings. The fourth-order valence-electron chi connectivity index (χ4n) is 1.26. The van der Waals surface area contributed by atoms with Gasteiger partial charge in [-0.05, 0) is 32.0 Å². The predicted octanol–water partition coefficient (Wildman–Crippen LogP) is 1.98. The molecule has 0 spiro atoms. The van der Waals surface area contributed by atoms with E-state index in [1.165, 1.54) is 19.2 Å². The van der Waals surface area contributed by atoms with E-state index < -0.39 is 26.3 Å². The van der Waals surface area contributed by atoms with Gasteiger partial charge in [0.1, 0.15) is 10.7 Å². The average molecular weight is 340 g/mol. The molecule has 0 aliphatic rings. The number of likely N-dealkylation sites (N-methyl/N-ethyl adjacent to an activating group) is 1. The van der Waals surface area contributed by atoms with E-state index >= 15 is 0 Å². The van der Waals surface area contributed by atoms with Gasteiger partial charge in [0.25, 0.3) is 0 Å².